The highest BCUT2D eigenvalue weighted by Gasteiger charge is 2.28. The second-order valence-electron chi connectivity index (χ2n) is 14.2. The fraction of sp³-hybridized carbons (Fsp3) is 0.0577. The predicted octanol–water partition coefficient (Wildman–Crippen LogP) is 14.5. The summed E-state index contributed by atoms with van der Waals surface area (Å²) < 4.78 is 6.27. The van der Waals surface area contributed by atoms with Crippen molar-refractivity contribution in [1.29, 1.82) is 0 Å². The van der Waals surface area contributed by atoms with E-state index in [0.717, 1.165) is 38.9 Å². The summed E-state index contributed by atoms with van der Waals surface area (Å²) in [6, 6.07) is 53.3. The van der Waals surface area contributed by atoms with Crippen LogP contribution in [-0.2, 0) is 0 Å². The Morgan fingerprint density at radius 1 is 0.519 bits per heavy atom. The molecule has 0 N–H and O–H groups in total. The molecule has 0 fully saturated rings. The maximum absolute atomic E-state index is 6.27. The topological polar surface area (TPSA) is 26.0 Å². The number of aromatic nitrogens is 1. The smallest absolute Gasteiger partial charge is 0.142 e. The fourth-order valence-corrected chi connectivity index (χ4v) is 8.65. The standard InChI is InChI=1S/C52H37NO/c1-3-4-5-15-38-32-54-52-40(24-14-25-41(38)52)34-16-12-18-36(28-34)50-43-22-8-9-23-44(43)51(37-19-13-17-35(29-37)49-26-10-11-27-53-49)47-30-45-33(2)39-20-6-7-21-42(39)46(45)31-48(47)50/h3-33H,1-2H3/b4-3-,15-5-. The third kappa shape index (κ3) is 5.14. The van der Waals surface area contributed by atoms with E-state index in [9.17, 15) is 0 Å². The van der Waals surface area contributed by atoms with Gasteiger partial charge in [-0.1, -0.05) is 140 Å². The molecule has 1 aliphatic rings. The van der Waals surface area contributed by atoms with Crippen molar-refractivity contribution in [1.82, 2.24) is 4.98 Å². The van der Waals surface area contributed by atoms with Crippen LogP contribution in [0.5, 0.6) is 0 Å². The lowest BCUT2D eigenvalue weighted by Gasteiger charge is -2.20. The molecule has 1 unspecified atom stereocenters. The quantitative estimate of drug-likeness (QED) is 0.128. The number of furan rings is 1. The number of hydrogen-bond donors (Lipinski definition) is 0. The number of rotatable bonds is 6. The lowest BCUT2D eigenvalue weighted by Crippen LogP contribution is -1.95. The molecule has 9 aromatic rings. The summed E-state index contributed by atoms with van der Waals surface area (Å²) in [5.41, 5.74) is 16.5. The van der Waals surface area contributed by atoms with Crippen molar-refractivity contribution in [2.45, 2.75) is 19.8 Å². The zero-order valence-corrected chi connectivity index (χ0v) is 30.3. The molecule has 0 saturated carbocycles. The minimum Gasteiger partial charge on any atom is -0.463 e. The van der Waals surface area contributed by atoms with E-state index in [-0.39, 0.29) is 0 Å². The van der Waals surface area contributed by atoms with Gasteiger partial charge < -0.3 is 4.42 Å². The average molecular weight is 692 g/mol. The molecule has 2 nitrogen and oxygen atoms in total. The molecule has 2 heterocycles. The van der Waals surface area contributed by atoms with Crippen LogP contribution >= 0.6 is 0 Å². The molecule has 0 bridgehead atoms. The Balaban J connectivity index is 1.25. The molecule has 256 valence electrons. The lowest BCUT2D eigenvalue weighted by atomic mass is 9.83. The minimum atomic E-state index is 0.304. The molecular weight excluding hydrogens is 655 g/mol. The summed E-state index contributed by atoms with van der Waals surface area (Å²) >= 11 is 0. The number of nitrogens with zero attached hydrogens (tertiary/aromatic N) is 1. The molecule has 0 aliphatic heterocycles. The van der Waals surface area contributed by atoms with Crippen molar-refractivity contribution in [2.24, 2.45) is 0 Å². The Morgan fingerprint density at radius 3 is 1.94 bits per heavy atom. The predicted molar refractivity (Wildman–Crippen MR) is 228 cm³/mol. The van der Waals surface area contributed by atoms with Crippen molar-refractivity contribution < 1.29 is 4.42 Å². The Bertz CT molecular complexity index is 2960. The van der Waals surface area contributed by atoms with Crippen LogP contribution in [0.2, 0.25) is 0 Å². The molecule has 0 saturated heterocycles. The van der Waals surface area contributed by atoms with Gasteiger partial charge in [-0.2, -0.15) is 0 Å². The molecule has 1 atom stereocenters. The van der Waals surface area contributed by atoms with Gasteiger partial charge in [0, 0.05) is 34.2 Å². The van der Waals surface area contributed by atoms with Gasteiger partial charge in [0.15, 0.2) is 0 Å². The second kappa shape index (κ2) is 13.0. The van der Waals surface area contributed by atoms with Crippen molar-refractivity contribution in [3.05, 3.63) is 193 Å². The number of allylic oxidation sites excluding steroid dienone is 3. The van der Waals surface area contributed by atoms with Crippen LogP contribution in [-0.4, -0.2) is 4.98 Å². The number of para-hydroxylation sites is 1. The second-order valence-corrected chi connectivity index (χ2v) is 14.2. The first-order valence-corrected chi connectivity index (χ1v) is 18.7. The molecular formula is C52H37NO. The molecule has 10 rings (SSSR count). The van der Waals surface area contributed by atoms with Gasteiger partial charge in [0.05, 0.1) is 12.0 Å². The summed E-state index contributed by atoms with van der Waals surface area (Å²) in [6.07, 6.45) is 12.0. The number of hydrogen-bond acceptors (Lipinski definition) is 2. The van der Waals surface area contributed by atoms with Crippen LogP contribution in [0.15, 0.2) is 181 Å². The van der Waals surface area contributed by atoms with E-state index in [1.807, 2.05) is 37.6 Å². The summed E-state index contributed by atoms with van der Waals surface area (Å²) in [5.74, 6) is 0.304. The first-order valence-electron chi connectivity index (χ1n) is 18.7. The molecule has 0 spiro atoms. The van der Waals surface area contributed by atoms with E-state index in [0.29, 0.717) is 5.92 Å². The molecule has 1 aliphatic carbocycles. The van der Waals surface area contributed by atoms with Gasteiger partial charge in [-0.05, 0) is 115 Å². The number of benzene rings is 7. The summed E-state index contributed by atoms with van der Waals surface area (Å²) in [4.78, 5) is 4.70. The Hall–Kier alpha value is -6.77. The van der Waals surface area contributed by atoms with E-state index < -0.39 is 0 Å². The SMILES string of the molecule is C/C=C\C=C/c1coc2c(-c3cccc(-c4c5ccccc5c(-c5cccc(-c6ccccn6)c5)c5cc6c(cc45)-c4ccccc4C6C)c3)cccc12. The van der Waals surface area contributed by atoms with Crippen LogP contribution in [0.4, 0.5) is 0 Å². The number of pyridine rings is 1. The van der Waals surface area contributed by atoms with Crippen molar-refractivity contribution in [3.8, 4) is 55.8 Å². The van der Waals surface area contributed by atoms with Gasteiger partial charge in [-0.25, -0.2) is 0 Å². The van der Waals surface area contributed by atoms with Gasteiger partial charge in [-0.15, -0.1) is 0 Å². The summed E-state index contributed by atoms with van der Waals surface area (Å²) in [7, 11) is 0. The molecule has 54 heavy (non-hydrogen) atoms. The third-order valence-electron chi connectivity index (χ3n) is 11.2. The normalized spacial score (nSPS) is 13.8. The highest BCUT2D eigenvalue weighted by Crippen LogP contribution is 2.51. The highest BCUT2D eigenvalue weighted by molar-refractivity contribution is 6.22. The average Bonchev–Trinajstić information content (AvgIpc) is 3.77. The lowest BCUT2D eigenvalue weighted by molar-refractivity contribution is 0.616. The first-order chi connectivity index (χ1) is 26.7. The third-order valence-corrected chi connectivity index (χ3v) is 11.2. The van der Waals surface area contributed by atoms with Gasteiger partial charge >= 0.3 is 0 Å². The van der Waals surface area contributed by atoms with E-state index in [4.69, 9.17) is 9.40 Å². The molecule has 0 amide bonds. The van der Waals surface area contributed by atoms with Gasteiger partial charge in [0.1, 0.15) is 5.58 Å². The zero-order valence-electron chi connectivity index (χ0n) is 30.3. The van der Waals surface area contributed by atoms with Crippen LogP contribution in [0.25, 0.3) is 94.4 Å². The minimum absolute atomic E-state index is 0.304. The van der Waals surface area contributed by atoms with Crippen LogP contribution in [0, 0.1) is 0 Å². The Labute approximate surface area is 315 Å². The first kappa shape index (κ1) is 31.9. The van der Waals surface area contributed by atoms with Crippen molar-refractivity contribution in [3.63, 3.8) is 0 Å². The zero-order chi connectivity index (χ0) is 36.2. The van der Waals surface area contributed by atoms with E-state index in [1.165, 1.54) is 66.1 Å². The van der Waals surface area contributed by atoms with Crippen LogP contribution in [0.3, 0.4) is 0 Å². The van der Waals surface area contributed by atoms with Crippen molar-refractivity contribution in [2.75, 3.05) is 0 Å². The maximum atomic E-state index is 6.27. The fourth-order valence-electron chi connectivity index (χ4n) is 8.65. The molecule has 0 radical (unpaired) electrons. The summed E-state index contributed by atoms with van der Waals surface area (Å²) in [5, 5.41) is 6.08. The van der Waals surface area contributed by atoms with Gasteiger partial charge in [0.2, 0.25) is 0 Å². The molecule has 7 aromatic carbocycles. The van der Waals surface area contributed by atoms with E-state index in [2.05, 4.69) is 159 Å². The van der Waals surface area contributed by atoms with Gasteiger partial charge in [-0.3, -0.25) is 4.98 Å². The van der Waals surface area contributed by atoms with E-state index >= 15 is 0 Å². The molecule has 2 heteroatoms. The number of fused-ring (bicyclic) bond motifs is 6. The van der Waals surface area contributed by atoms with Crippen LogP contribution in [0.1, 0.15) is 36.5 Å². The largest absolute Gasteiger partial charge is 0.463 e. The van der Waals surface area contributed by atoms with Crippen molar-refractivity contribution >= 4 is 38.6 Å². The Morgan fingerprint density at radius 2 is 1.17 bits per heavy atom. The Kier molecular flexibility index (Phi) is 7.70. The van der Waals surface area contributed by atoms with E-state index in [1.54, 1.807) is 0 Å². The highest BCUT2D eigenvalue weighted by atomic mass is 16.3. The summed E-state index contributed by atoms with van der Waals surface area (Å²) in [6.45, 7) is 4.37. The monoisotopic (exact) mass is 691 g/mol. The van der Waals surface area contributed by atoms with Crippen LogP contribution < -0.4 is 0 Å². The maximum Gasteiger partial charge on any atom is 0.142 e. The molecule has 2 aromatic heterocycles. The van der Waals surface area contributed by atoms with Gasteiger partial charge in [0.25, 0.3) is 0 Å².